The zero-order valence-corrected chi connectivity index (χ0v) is 14.2. The maximum atomic E-state index is 12.2. The molecule has 2 amide bonds. The zero-order chi connectivity index (χ0) is 18.4. The van der Waals surface area contributed by atoms with Gasteiger partial charge in [0.25, 0.3) is 0 Å². The molecule has 0 aliphatic rings. The first-order valence-corrected chi connectivity index (χ1v) is 7.84. The summed E-state index contributed by atoms with van der Waals surface area (Å²) < 4.78 is 0. The molecule has 0 spiro atoms. The molecule has 0 fully saturated rings. The van der Waals surface area contributed by atoms with Crippen molar-refractivity contribution in [1.82, 2.24) is 0 Å². The molecule has 2 N–H and O–H groups in total. The second-order valence-electron chi connectivity index (χ2n) is 5.65. The predicted octanol–water partition coefficient (Wildman–Crippen LogP) is 2.94. The van der Waals surface area contributed by atoms with Gasteiger partial charge >= 0.3 is 5.97 Å². The Kier molecular flexibility index (Phi) is 5.89. The van der Waals surface area contributed by atoms with Gasteiger partial charge in [0.05, 0.1) is 16.9 Å². The van der Waals surface area contributed by atoms with E-state index in [2.05, 4.69) is 5.32 Å². The predicted molar refractivity (Wildman–Crippen MR) is 95.9 cm³/mol. The van der Waals surface area contributed by atoms with E-state index in [9.17, 15) is 14.4 Å². The van der Waals surface area contributed by atoms with Gasteiger partial charge in [0, 0.05) is 20.4 Å². The number of carboxylic acids is 1. The van der Waals surface area contributed by atoms with E-state index in [-0.39, 0.29) is 23.8 Å². The summed E-state index contributed by atoms with van der Waals surface area (Å²) in [5, 5.41) is 11.7. The highest BCUT2D eigenvalue weighted by Crippen LogP contribution is 2.24. The smallest absolute Gasteiger partial charge is 0.335 e. The van der Waals surface area contributed by atoms with Gasteiger partial charge in [-0.2, -0.15) is 0 Å². The van der Waals surface area contributed by atoms with Gasteiger partial charge in [0.2, 0.25) is 11.8 Å². The monoisotopic (exact) mass is 340 g/mol. The first-order chi connectivity index (χ1) is 11.9. The molecule has 0 heterocycles. The molecular formula is C19H20N2O4. The van der Waals surface area contributed by atoms with Crippen LogP contribution in [0.1, 0.15) is 29.3 Å². The summed E-state index contributed by atoms with van der Waals surface area (Å²) in [6.07, 6.45) is 0.751. The fourth-order valence-electron chi connectivity index (χ4n) is 2.33. The Morgan fingerprint density at radius 1 is 1.04 bits per heavy atom. The van der Waals surface area contributed by atoms with Crippen LogP contribution in [0.4, 0.5) is 11.4 Å². The Hall–Kier alpha value is -3.15. The van der Waals surface area contributed by atoms with Crippen LogP contribution in [-0.4, -0.2) is 29.9 Å². The fourth-order valence-corrected chi connectivity index (χ4v) is 2.33. The van der Waals surface area contributed by atoms with Crippen LogP contribution < -0.4 is 10.2 Å². The summed E-state index contributed by atoms with van der Waals surface area (Å²) in [6.45, 7) is 1.46. The van der Waals surface area contributed by atoms with Crippen LogP contribution in [0.15, 0.2) is 48.5 Å². The van der Waals surface area contributed by atoms with Crippen LogP contribution in [0.5, 0.6) is 0 Å². The van der Waals surface area contributed by atoms with E-state index in [1.807, 2.05) is 0 Å². The number of anilines is 2. The molecule has 0 unspecified atom stereocenters. The van der Waals surface area contributed by atoms with Crippen LogP contribution in [0, 0.1) is 0 Å². The van der Waals surface area contributed by atoms with Gasteiger partial charge in [0.1, 0.15) is 0 Å². The first kappa shape index (κ1) is 18.2. The average molecular weight is 340 g/mol. The topological polar surface area (TPSA) is 86.7 Å². The molecular weight excluding hydrogens is 320 g/mol. The van der Waals surface area contributed by atoms with Crippen molar-refractivity contribution >= 4 is 29.2 Å². The highest BCUT2D eigenvalue weighted by molar-refractivity contribution is 5.99. The molecule has 25 heavy (non-hydrogen) atoms. The summed E-state index contributed by atoms with van der Waals surface area (Å²) in [4.78, 5) is 36.0. The van der Waals surface area contributed by atoms with E-state index >= 15 is 0 Å². The van der Waals surface area contributed by atoms with Crippen LogP contribution in [0.2, 0.25) is 0 Å². The number of nitrogens with one attached hydrogen (secondary N) is 1. The largest absolute Gasteiger partial charge is 0.478 e. The molecule has 0 saturated heterocycles. The molecule has 0 aromatic heterocycles. The summed E-state index contributed by atoms with van der Waals surface area (Å²) in [5.74, 6) is -1.28. The van der Waals surface area contributed by atoms with Crippen molar-refractivity contribution in [2.24, 2.45) is 0 Å². The van der Waals surface area contributed by atoms with E-state index in [1.165, 1.54) is 24.0 Å². The Labute approximate surface area is 146 Å². The van der Waals surface area contributed by atoms with E-state index in [0.717, 1.165) is 5.56 Å². The lowest BCUT2D eigenvalue weighted by Gasteiger charge is -2.19. The number of carboxylic acid groups (broad SMARTS) is 1. The van der Waals surface area contributed by atoms with E-state index in [0.29, 0.717) is 17.8 Å². The minimum atomic E-state index is -0.976. The number of rotatable bonds is 6. The van der Waals surface area contributed by atoms with E-state index in [1.54, 1.807) is 43.4 Å². The van der Waals surface area contributed by atoms with Crippen molar-refractivity contribution in [3.8, 4) is 0 Å². The van der Waals surface area contributed by atoms with Crippen LogP contribution in [-0.2, 0) is 16.0 Å². The van der Waals surface area contributed by atoms with Gasteiger partial charge in [0.15, 0.2) is 0 Å². The molecule has 0 radical (unpaired) electrons. The van der Waals surface area contributed by atoms with E-state index in [4.69, 9.17) is 5.11 Å². The van der Waals surface area contributed by atoms with Gasteiger partial charge in [-0.05, 0) is 36.2 Å². The van der Waals surface area contributed by atoms with E-state index < -0.39 is 5.97 Å². The molecule has 130 valence electrons. The number of amides is 2. The molecule has 0 bridgehead atoms. The zero-order valence-electron chi connectivity index (χ0n) is 14.2. The van der Waals surface area contributed by atoms with Gasteiger partial charge in [-0.3, -0.25) is 9.59 Å². The summed E-state index contributed by atoms with van der Waals surface area (Å²) in [7, 11) is 1.65. The van der Waals surface area contributed by atoms with Crippen LogP contribution in [0.25, 0.3) is 0 Å². The molecule has 2 aromatic carbocycles. The molecule has 0 atom stereocenters. The molecule has 2 rings (SSSR count). The second-order valence-corrected chi connectivity index (χ2v) is 5.65. The van der Waals surface area contributed by atoms with Crippen LogP contribution >= 0.6 is 0 Å². The number of carbonyl (C=O) groups excluding carboxylic acids is 2. The van der Waals surface area contributed by atoms with Gasteiger partial charge in [-0.1, -0.05) is 24.3 Å². The van der Waals surface area contributed by atoms with Crippen molar-refractivity contribution in [3.05, 3.63) is 59.7 Å². The second kappa shape index (κ2) is 8.10. The maximum Gasteiger partial charge on any atom is 0.335 e. The molecule has 0 saturated carbocycles. The molecule has 0 aliphatic carbocycles. The SMILES string of the molecule is CC(=O)N(C)c1ccccc1NC(=O)CCc1ccc(C(=O)O)cc1. The number of aryl methyl sites for hydroxylation is 1. The highest BCUT2D eigenvalue weighted by atomic mass is 16.4. The standard InChI is InChI=1S/C19H20N2O4/c1-13(22)21(2)17-6-4-3-5-16(17)20-18(23)12-9-14-7-10-15(11-8-14)19(24)25/h3-8,10-11H,9,12H2,1-2H3,(H,20,23)(H,24,25). The van der Waals surface area contributed by atoms with Crippen molar-refractivity contribution in [3.63, 3.8) is 0 Å². The first-order valence-electron chi connectivity index (χ1n) is 7.84. The van der Waals surface area contributed by atoms with Crippen molar-refractivity contribution in [1.29, 1.82) is 0 Å². The number of hydrogen-bond donors (Lipinski definition) is 2. The maximum absolute atomic E-state index is 12.2. The minimum absolute atomic E-state index is 0.125. The fraction of sp³-hybridized carbons (Fsp3) is 0.211. The van der Waals surface area contributed by atoms with Crippen molar-refractivity contribution in [2.45, 2.75) is 19.8 Å². The lowest BCUT2D eigenvalue weighted by Crippen LogP contribution is -2.24. The van der Waals surface area contributed by atoms with Crippen molar-refractivity contribution < 1.29 is 19.5 Å². The third kappa shape index (κ3) is 4.91. The average Bonchev–Trinajstić information content (AvgIpc) is 2.60. The Morgan fingerprint density at radius 3 is 2.28 bits per heavy atom. The number of nitrogens with zero attached hydrogens (tertiary/aromatic N) is 1. The lowest BCUT2D eigenvalue weighted by molar-refractivity contribution is -0.117. The molecule has 0 aliphatic heterocycles. The minimum Gasteiger partial charge on any atom is -0.478 e. The quantitative estimate of drug-likeness (QED) is 0.846. The van der Waals surface area contributed by atoms with Crippen molar-refractivity contribution in [2.75, 3.05) is 17.3 Å². The van der Waals surface area contributed by atoms with Gasteiger partial charge in [-0.15, -0.1) is 0 Å². The molecule has 2 aromatic rings. The number of benzene rings is 2. The number of carbonyl (C=O) groups is 3. The Balaban J connectivity index is 1.99. The Morgan fingerprint density at radius 2 is 1.68 bits per heavy atom. The summed E-state index contributed by atoms with van der Waals surface area (Å²) >= 11 is 0. The number of para-hydroxylation sites is 2. The summed E-state index contributed by atoms with van der Waals surface area (Å²) in [6, 6.07) is 13.5. The van der Waals surface area contributed by atoms with Crippen LogP contribution in [0.3, 0.4) is 0 Å². The Bertz CT molecular complexity index is 784. The molecule has 6 heteroatoms. The normalized spacial score (nSPS) is 10.2. The highest BCUT2D eigenvalue weighted by Gasteiger charge is 2.12. The number of aromatic carboxylic acids is 1. The lowest BCUT2D eigenvalue weighted by atomic mass is 10.1. The third-order valence-corrected chi connectivity index (χ3v) is 3.85. The van der Waals surface area contributed by atoms with Gasteiger partial charge < -0.3 is 15.3 Å². The van der Waals surface area contributed by atoms with Gasteiger partial charge in [-0.25, -0.2) is 4.79 Å². The number of hydrogen-bond acceptors (Lipinski definition) is 3. The summed E-state index contributed by atoms with van der Waals surface area (Å²) in [5.41, 5.74) is 2.31. The molecule has 6 nitrogen and oxygen atoms in total. The third-order valence-electron chi connectivity index (χ3n) is 3.85.